The Hall–Kier alpha value is -1.06. The van der Waals surface area contributed by atoms with Gasteiger partial charge in [-0.3, -0.25) is 0 Å². The zero-order valence-corrected chi connectivity index (χ0v) is 9.80. The molecule has 1 aromatic carbocycles. The van der Waals surface area contributed by atoms with Crippen LogP contribution in [0.4, 0.5) is 0 Å². The second kappa shape index (κ2) is 5.87. The van der Waals surface area contributed by atoms with Crippen LogP contribution in [0.2, 0.25) is 0 Å². The van der Waals surface area contributed by atoms with Crippen molar-refractivity contribution in [3.8, 4) is 0 Å². The average molecular weight is 242 g/mol. The summed E-state index contributed by atoms with van der Waals surface area (Å²) in [6, 6.07) is 7.24. The molecule has 88 valence electrons. The number of halogens is 1. The van der Waals surface area contributed by atoms with E-state index in [0.717, 1.165) is 13.1 Å². The molecule has 0 amide bonds. The number of piperidine rings is 1. The number of aromatic carboxylic acids is 1. The fraction of sp³-hybridized carbons (Fsp3) is 0.417. The first-order valence-electron chi connectivity index (χ1n) is 5.31. The highest BCUT2D eigenvalue weighted by Crippen LogP contribution is 2.23. The van der Waals surface area contributed by atoms with Gasteiger partial charge in [-0.25, -0.2) is 4.79 Å². The molecular weight excluding hydrogens is 226 g/mol. The summed E-state index contributed by atoms with van der Waals surface area (Å²) in [6.07, 6.45) is 2.39. The number of rotatable bonds is 2. The Morgan fingerprint density at radius 1 is 1.31 bits per heavy atom. The van der Waals surface area contributed by atoms with E-state index in [4.69, 9.17) is 5.11 Å². The van der Waals surface area contributed by atoms with Crippen molar-refractivity contribution in [1.29, 1.82) is 0 Å². The van der Waals surface area contributed by atoms with Gasteiger partial charge in [0.1, 0.15) is 0 Å². The Morgan fingerprint density at radius 2 is 2.00 bits per heavy atom. The highest BCUT2D eigenvalue weighted by Gasteiger charge is 2.15. The van der Waals surface area contributed by atoms with Crippen LogP contribution in [0.25, 0.3) is 0 Å². The highest BCUT2D eigenvalue weighted by molar-refractivity contribution is 5.87. The van der Waals surface area contributed by atoms with Crippen molar-refractivity contribution in [2.24, 2.45) is 0 Å². The van der Waals surface area contributed by atoms with Crippen LogP contribution in [-0.2, 0) is 0 Å². The number of carboxylic acids is 1. The second-order valence-electron chi connectivity index (χ2n) is 3.97. The van der Waals surface area contributed by atoms with Crippen LogP contribution < -0.4 is 5.32 Å². The van der Waals surface area contributed by atoms with Crippen LogP contribution in [0.1, 0.15) is 34.7 Å². The molecule has 1 atom stereocenters. The van der Waals surface area contributed by atoms with E-state index in [9.17, 15) is 4.79 Å². The molecule has 4 heteroatoms. The number of nitrogens with one attached hydrogen (secondary N) is 1. The Kier molecular flexibility index (Phi) is 4.77. The lowest BCUT2D eigenvalue weighted by Crippen LogP contribution is -2.28. The Balaban J connectivity index is 0.00000128. The normalized spacial score (nSPS) is 19.9. The van der Waals surface area contributed by atoms with Gasteiger partial charge in [0, 0.05) is 6.54 Å². The summed E-state index contributed by atoms with van der Waals surface area (Å²) >= 11 is 0. The largest absolute Gasteiger partial charge is 0.478 e. The quantitative estimate of drug-likeness (QED) is 0.835. The molecule has 0 aliphatic carbocycles. The van der Waals surface area contributed by atoms with Gasteiger partial charge in [0.2, 0.25) is 0 Å². The summed E-state index contributed by atoms with van der Waals surface area (Å²) in [7, 11) is 0. The molecule has 3 nitrogen and oxygen atoms in total. The smallest absolute Gasteiger partial charge is 0.335 e. The van der Waals surface area contributed by atoms with Gasteiger partial charge in [-0.2, -0.15) is 0 Å². The van der Waals surface area contributed by atoms with E-state index in [1.54, 1.807) is 12.1 Å². The molecule has 0 aromatic heterocycles. The van der Waals surface area contributed by atoms with Crippen LogP contribution in [0.15, 0.2) is 24.3 Å². The molecule has 16 heavy (non-hydrogen) atoms. The van der Waals surface area contributed by atoms with Gasteiger partial charge in [-0.15, -0.1) is 12.4 Å². The summed E-state index contributed by atoms with van der Waals surface area (Å²) in [5, 5.41) is 12.1. The number of carbonyl (C=O) groups is 1. The lowest BCUT2D eigenvalue weighted by atomic mass is 9.91. The maximum absolute atomic E-state index is 10.7. The minimum absolute atomic E-state index is 0. The van der Waals surface area contributed by atoms with E-state index in [1.807, 2.05) is 12.1 Å². The molecule has 1 unspecified atom stereocenters. The van der Waals surface area contributed by atoms with E-state index >= 15 is 0 Å². The standard InChI is InChI=1S/C12H15NO2.ClH/c14-12(15)10-5-3-9(4-6-10)11-2-1-7-13-8-11;/h3-6,11,13H,1-2,7-8H2,(H,14,15);1H. The predicted octanol–water partition coefficient (Wildman–Crippen LogP) is 2.27. The number of hydrogen-bond donors (Lipinski definition) is 2. The zero-order chi connectivity index (χ0) is 10.7. The maximum Gasteiger partial charge on any atom is 0.335 e. The lowest BCUT2D eigenvalue weighted by Gasteiger charge is -2.23. The summed E-state index contributed by atoms with van der Waals surface area (Å²) < 4.78 is 0. The number of benzene rings is 1. The average Bonchev–Trinajstić information content (AvgIpc) is 2.30. The molecule has 1 aromatic rings. The van der Waals surface area contributed by atoms with Crippen molar-refractivity contribution >= 4 is 18.4 Å². The van der Waals surface area contributed by atoms with Gasteiger partial charge in [0.15, 0.2) is 0 Å². The van der Waals surface area contributed by atoms with Gasteiger partial charge in [0.05, 0.1) is 5.56 Å². The first kappa shape index (κ1) is 13.0. The van der Waals surface area contributed by atoms with Gasteiger partial charge in [0.25, 0.3) is 0 Å². The maximum atomic E-state index is 10.7. The highest BCUT2D eigenvalue weighted by atomic mass is 35.5. The van der Waals surface area contributed by atoms with Crippen molar-refractivity contribution < 1.29 is 9.90 Å². The van der Waals surface area contributed by atoms with Crippen LogP contribution in [0, 0.1) is 0 Å². The summed E-state index contributed by atoms with van der Waals surface area (Å²) in [5.74, 6) is -0.315. The molecule has 0 radical (unpaired) electrons. The third-order valence-corrected chi connectivity index (χ3v) is 2.93. The van der Waals surface area contributed by atoms with Crippen molar-refractivity contribution in [1.82, 2.24) is 5.32 Å². The molecule has 1 aliphatic rings. The fourth-order valence-electron chi connectivity index (χ4n) is 2.03. The Morgan fingerprint density at radius 3 is 2.50 bits per heavy atom. The minimum Gasteiger partial charge on any atom is -0.478 e. The van der Waals surface area contributed by atoms with Crippen molar-refractivity contribution in [2.75, 3.05) is 13.1 Å². The summed E-state index contributed by atoms with van der Waals surface area (Å²) in [5.41, 5.74) is 1.61. The SMILES string of the molecule is Cl.O=C(O)c1ccc(C2CCCNC2)cc1. The molecule has 1 fully saturated rings. The third-order valence-electron chi connectivity index (χ3n) is 2.93. The molecule has 0 spiro atoms. The Labute approximate surface area is 101 Å². The molecular formula is C12H16ClNO2. The molecule has 1 saturated heterocycles. The van der Waals surface area contributed by atoms with Gasteiger partial charge in [-0.05, 0) is 43.0 Å². The Bertz CT molecular complexity index is 345. The van der Waals surface area contributed by atoms with Gasteiger partial charge < -0.3 is 10.4 Å². The topological polar surface area (TPSA) is 49.3 Å². The van der Waals surface area contributed by atoms with E-state index in [0.29, 0.717) is 11.5 Å². The summed E-state index contributed by atoms with van der Waals surface area (Å²) in [4.78, 5) is 10.7. The van der Waals surface area contributed by atoms with Crippen molar-refractivity contribution in [3.63, 3.8) is 0 Å². The van der Waals surface area contributed by atoms with E-state index < -0.39 is 5.97 Å². The summed E-state index contributed by atoms with van der Waals surface area (Å²) in [6.45, 7) is 2.11. The lowest BCUT2D eigenvalue weighted by molar-refractivity contribution is 0.0697. The van der Waals surface area contributed by atoms with Crippen LogP contribution >= 0.6 is 12.4 Å². The fourth-order valence-corrected chi connectivity index (χ4v) is 2.03. The van der Waals surface area contributed by atoms with E-state index in [1.165, 1.54) is 18.4 Å². The minimum atomic E-state index is -0.858. The van der Waals surface area contributed by atoms with E-state index in [-0.39, 0.29) is 12.4 Å². The first-order chi connectivity index (χ1) is 7.27. The van der Waals surface area contributed by atoms with Crippen LogP contribution in [0.3, 0.4) is 0 Å². The number of carboxylic acid groups (broad SMARTS) is 1. The van der Waals surface area contributed by atoms with Crippen molar-refractivity contribution in [2.45, 2.75) is 18.8 Å². The molecule has 0 bridgehead atoms. The zero-order valence-electron chi connectivity index (χ0n) is 8.98. The molecule has 0 saturated carbocycles. The number of hydrogen-bond acceptors (Lipinski definition) is 2. The molecule has 1 aliphatic heterocycles. The van der Waals surface area contributed by atoms with E-state index in [2.05, 4.69) is 5.32 Å². The predicted molar refractivity (Wildman–Crippen MR) is 65.5 cm³/mol. The van der Waals surface area contributed by atoms with Crippen LogP contribution in [-0.4, -0.2) is 24.2 Å². The molecule has 1 heterocycles. The molecule has 2 N–H and O–H groups in total. The van der Waals surface area contributed by atoms with Gasteiger partial charge >= 0.3 is 5.97 Å². The second-order valence-corrected chi connectivity index (χ2v) is 3.97. The monoisotopic (exact) mass is 241 g/mol. The first-order valence-corrected chi connectivity index (χ1v) is 5.31. The molecule has 2 rings (SSSR count). The van der Waals surface area contributed by atoms with Crippen LogP contribution in [0.5, 0.6) is 0 Å². The van der Waals surface area contributed by atoms with Gasteiger partial charge in [-0.1, -0.05) is 12.1 Å². The van der Waals surface area contributed by atoms with Crippen molar-refractivity contribution in [3.05, 3.63) is 35.4 Å². The third kappa shape index (κ3) is 2.97.